The van der Waals surface area contributed by atoms with Gasteiger partial charge in [-0.1, -0.05) is 35.5 Å². The predicted octanol–water partition coefficient (Wildman–Crippen LogP) is 2.37. The van der Waals surface area contributed by atoms with Crippen LogP contribution >= 0.6 is 0 Å². The molecule has 1 aromatic carbocycles. The average molecular weight is 352 g/mol. The molecule has 8 nitrogen and oxygen atoms in total. The van der Waals surface area contributed by atoms with Gasteiger partial charge in [-0.2, -0.15) is 4.98 Å². The number of aromatic nitrogens is 5. The minimum Gasteiger partial charge on any atom is -0.338 e. The molecule has 1 saturated heterocycles. The second-order valence-corrected chi connectivity index (χ2v) is 6.34. The molecule has 1 aliphatic heterocycles. The van der Waals surface area contributed by atoms with Crippen LogP contribution in [0.1, 0.15) is 42.0 Å². The Morgan fingerprint density at radius 2 is 2.00 bits per heavy atom. The van der Waals surface area contributed by atoms with E-state index in [2.05, 4.69) is 20.5 Å². The van der Waals surface area contributed by atoms with Crippen LogP contribution in [0.3, 0.4) is 0 Å². The second kappa shape index (κ2) is 7.07. The fourth-order valence-corrected chi connectivity index (χ4v) is 3.15. The molecular formula is C18H20N6O2. The Balaban J connectivity index is 1.40. The summed E-state index contributed by atoms with van der Waals surface area (Å²) in [5, 5.41) is 12.2. The number of carbonyl (C=O) groups is 1. The van der Waals surface area contributed by atoms with Crippen molar-refractivity contribution in [2.24, 2.45) is 0 Å². The first-order valence-electron chi connectivity index (χ1n) is 8.83. The number of likely N-dealkylation sites (tertiary alicyclic amines) is 1. The smallest absolute Gasteiger partial charge is 0.280 e. The van der Waals surface area contributed by atoms with Gasteiger partial charge in [-0.3, -0.25) is 4.79 Å². The van der Waals surface area contributed by atoms with Crippen LogP contribution in [-0.2, 0) is 6.42 Å². The lowest BCUT2D eigenvalue weighted by atomic mass is 10.0. The Bertz CT molecular complexity index is 880. The molecule has 0 aliphatic carbocycles. The zero-order valence-corrected chi connectivity index (χ0v) is 14.6. The molecule has 2 aromatic heterocycles. The Morgan fingerprint density at radius 3 is 2.69 bits per heavy atom. The summed E-state index contributed by atoms with van der Waals surface area (Å²) in [6.45, 7) is 3.37. The van der Waals surface area contributed by atoms with Crippen LogP contribution in [0.2, 0.25) is 0 Å². The largest absolute Gasteiger partial charge is 0.338 e. The Morgan fingerprint density at radius 1 is 1.23 bits per heavy atom. The summed E-state index contributed by atoms with van der Waals surface area (Å²) in [5.41, 5.74) is 1.32. The molecule has 0 radical (unpaired) electrons. The average Bonchev–Trinajstić information content (AvgIpc) is 3.37. The minimum absolute atomic E-state index is 0.0845. The van der Waals surface area contributed by atoms with Crippen molar-refractivity contribution < 1.29 is 9.32 Å². The fraction of sp³-hybridized carbons (Fsp3) is 0.389. The molecule has 1 amide bonds. The summed E-state index contributed by atoms with van der Waals surface area (Å²) in [6, 6.07) is 9.61. The van der Waals surface area contributed by atoms with Crippen molar-refractivity contribution in [1.29, 1.82) is 0 Å². The van der Waals surface area contributed by atoms with E-state index in [9.17, 15) is 4.79 Å². The molecule has 0 bridgehead atoms. The maximum atomic E-state index is 12.5. The number of amides is 1. The number of hydrogen-bond acceptors (Lipinski definition) is 6. The number of piperidine rings is 1. The quantitative estimate of drug-likeness (QED) is 0.716. The molecule has 0 spiro atoms. The third-order valence-corrected chi connectivity index (χ3v) is 4.66. The van der Waals surface area contributed by atoms with Crippen LogP contribution in [0.25, 0.3) is 11.6 Å². The lowest BCUT2D eigenvalue weighted by Crippen LogP contribution is -2.39. The van der Waals surface area contributed by atoms with Gasteiger partial charge in [-0.25, -0.2) is 4.68 Å². The van der Waals surface area contributed by atoms with E-state index in [0.29, 0.717) is 36.9 Å². The highest BCUT2D eigenvalue weighted by atomic mass is 16.5. The topological polar surface area (TPSA) is 89.9 Å². The first-order valence-corrected chi connectivity index (χ1v) is 8.83. The molecule has 0 unspecified atom stereocenters. The molecule has 4 rings (SSSR count). The fourth-order valence-electron chi connectivity index (χ4n) is 3.15. The molecule has 26 heavy (non-hydrogen) atoms. The number of aryl methyl sites for hydroxylation is 1. The van der Waals surface area contributed by atoms with E-state index >= 15 is 0 Å². The van der Waals surface area contributed by atoms with Gasteiger partial charge in [0.25, 0.3) is 11.8 Å². The van der Waals surface area contributed by atoms with Crippen LogP contribution in [-0.4, -0.2) is 49.0 Å². The number of carbonyl (C=O) groups excluding carboxylic acids is 1. The van der Waals surface area contributed by atoms with Crippen LogP contribution in [0.15, 0.2) is 41.1 Å². The first-order chi connectivity index (χ1) is 12.7. The van der Waals surface area contributed by atoms with Gasteiger partial charge in [-0.15, -0.1) is 5.10 Å². The van der Waals surface area contributed by atoms with E-state index in [1.54, 1.807) is 0 Å². The summed E-state index contributed by atoms with van der Waals surface area (Å²) >= 11 is 0. The van der Waals surface area contributed by atoms with Gasteiger partial charge in [-0.05, 0) is 25.0 Å². The minimum atomic E-state index is 0.0845. The van der Waals surface area contributed by atoms with Crippen molar-refractivity contribution in [2.75, 3.05) is 13.1 Å². The molecule has 0 saturated carbocycles. The number of nitrogens with zero attached hydrogens (tertiary/aromatic N) is 6. The summed E-state index contributed by atoms with van der Waals surface area (Å²) in [6.07, 6.45) is 4.23. The first kappa shape index (κ1) is 16.4. The molecule has 0 atom stereocenters. The van der Waals surface area contributed by atoms with Crippen LogP contribution in [0.5, 0.6) is 0 Å². The molecule has 134 valence electrons. The van der Waals surface area contributed by atoms with Gasteiger partial charge >= 0.3 is 0 Å². The van der Waals surface area contributed by atoms with Crippen molar-refractivity contribution in [2.45, 2.75) is 32.2 Å². The van der Waals surface area contributed by atoms with E-state index in [0.717, 1.165) is 18.4 Å². The van der Waals surface area contributed by atoms with Crippen molar-refractivity contribution in [1.82, 2.24) is 30.0 Å². The zero-order valence-electron chi connectivity index (χ0n) is 14.6. The van der Waals surface area contributed by atoms with Gasteiger partial charge < -0.3 is 9.42 Å². The standard InChI is InChI=1S/C18H20N6O2/c1-2-16-19-17(26-21-16)15-12-24(22-20-15)14-8-10-23(11-9-14)18(25)13-6-4-3-5-7-13/h3-7,12,14H,2,8-11H2,1H3. The van der Waals surface area contributed by atoms with E-state index in [4.69, 9.17) is 4.52 Å². The maximum Gasteiger partial charge on any atom is 0.280 e. The van der Waals surface area contributed by atoms with E-state index in [1.807, 2.05) is 53.0 Å². The third-order valence-electron chi connectivity index (χ3n) is 4.66. The van der Waals surface area contributed by atoms with Gasteiger partial charge in [0.05, 0.1) is 12.2 Å². The summed E-state index contributed by atoms with van der Waals surface area (Å²) in [4.78, 5) is 18.7. The van der Waals surface area contributed by atoms with Crippen molar-refractivity contribution in [3.63, 3.8) is 0 Å². The zero-order chi connectivity index (χ0) is 17.9. The molecular weight excluding hydrogens is 332 g/mol. The van der Waals surface area contributed by atoms with E-state index < -0.39 is 0 Å². The number of rotatable bonds is 4. The van der Waals surface area contributed by atoms with Crippen molar-refractivity contribution in [3.8, 4) is 11.6 Å². The number of hydrogen-bond donors (Lipinski definition) is 0. The number of benzene rings is 1. The van der Waals surface area contributed by atoms with Crippen molar-refractivity contribution >= 4 is 5.91 Å². The summed E-state index contributed by atoms with van der Waals surface area (Å²) in [5.74, 6) is 1.13. The third kappa shape index (κ3) is 3.22. The van der Waals surface area contributed by atoms with Gasteiger partial charge in [0.15, 0.2) is 11.5 Å². The second-order valence-electron chi connectivity index (χ2n) is 6.34. The summed E-state index contributed by atoms with van der Waals surface area (Å²) in [7, 11) is 0. The molecule has 8 heteroatoms. The normalized spacial score (nSPS) is 15.3. The highest BCUT2D eigenvalue weighted by Gasteiger charge is 2.26. The SMILES string of the molecule is CCc1noc(-c2cn(C3CCN(C(=O)c4ccccc4)CC3)nn2)n1. The molecule has 3 aromatic rings. The Labute approximate surface area is 150 Å². The van der Waals surface area contributed by atoms with Crippen LogP contribution in [0.4, 0.5) is 0 Å². The van der Waals surface area contributed by atoms with Crippen LogP contribution in [0, 0.1) is 0 Å². The molecule has 0 N–H and O–H groups in total. The predicted molar refractivity (Wildman–Crippen MR) is 93.3 cm³/mol. The Kier molecular flexibility index (Phi) is 4.47. The van der Waals surface area contributed by atoms with Crippen molar-refractivity contribution in [3.05, 3.63) is 47.9 Å². The lowest BCUT2D eigenvalue weighted by Gasteiger charge is -2.31. The van der Waals surface area contributed by atoms with Gasteiger partial charge in [0.2, 0.25) is 0 Å². The molecule has 1 aliphatic rings. The molecule has 1 fully saturated rings. The monoisotopic (exact) mass is 352 g/mol. The highest BCUT2D eigenvalue weighted by molar-refractivity contribution is 5.94. The highest BCUT2D eigenvalue weighted by Crippen LogP contribution is 2.24. The maximum absolute atomic E-state index is 12.5. The Hall–Kier alpha value is -3.03. The molecule has 3 heterocycles. The summed E-state index contributed by atoms with van der Waals surface area (Å²) < 4.78 is 7.05. The van der Waals surface area contributed by atoms with Gasteiger partial charge in [0.1, 0.15) is 0 Å². The van der Waals surface area contributed by atoms with Gasteiger partial charge in [0, 0.05) is 25.1 Å². The van der Waals surface area contributed by atoms with Crippen LogP contribution < -0.4 is 0 Å². The lowest BCUT2D eigenvalue weighted by molar-refractivity contribution is 0.0689. The van der Waals surface area contributed by atoms with E-state index in [1.165, 1.54) is 0 Å². The van der Waals surface area contributed by atoms with E-state index in [-0.39, 0.29) is 11.9 Å².